The van der Waals surface area contributed by atoms with Crippen molar-refractivity contribution in [3.05, 3.63) is 53.7 Å². The molecule has 2 aromatic rings. The third-order valence-electron chi connectivity index (χ3n) is 5.95. The first-order chi connectivity index (χ1) is 14.6. The van der Waals surface area contributed by atoms with Crippen LogP contribution in [0.4, 0.5) is 5.69 Å². The number of piperazine rings is 1. The van der Waals surface area contributed by atoms with Crippen LogP contribution in [0.5, 0.6) is 5.88 Å². The molecule has 1 N–H and O–H groups in total. The molecule has 30 heavy (non-hydrogen) atoms. The second kappa shape index (κ2) is 9.47. The molecule has 1 amide bonds. The number of ether oxygens (including phenoxy) is 1. The van der Waals surface area contributed by atoms with Crippen molar-refractivity contribution >= 4 is 11.6 Å². The van der Waals surface area contributed by atoms with E-state index in [1.165, 1.54) is 18.5 Å². The normalized spacial score (nSPS) is 17.2. The number of pyridine rings is 1. The highest BCUT2D eigenvalue weighted by Gasteiger charge is 2.22. The molecule has 1 saturated heterocycles. The van der Waals surface area contributed by atoms with Crippen LogP contribution < -0.4 is 15.0 Å². The number of anilines is 1. The number of nitrogens with zero attached hydrogens (tertiary/aromatic N) is 3. The van der Waals surface area contributed by atoms with Crippen molar-refractivity contribution in [2.24, 2.45) is 5.92 Å². The summed E-state index contributed by atoms with van der Waals surface area (Å²) in [6.45, 7) is 9.91. The summed E-state index contributed by atoms with van der Waals surface area (Å²) in [4.78, 5) is 21.7. The minimum atomic E-state index is -0.0692. The lowest BCUT2D eigenvalue weighted by atomic mass is 10.1. The summed E-state index contributed by atoms with van der Waals surface area (Å²) in [6.07, 6.45) is 4.29. The quantitative estimate of drug-likeness (QED) is 0.726. The summed E-state index contributed by atoms with van der Waals surface area (Å²) >= 11 is 0. The number of carbonyl (C=O) groups excluding carboxylic acids is 1. The molecule has 1 saturated carbocycles. The molecule has 2 aliphatic rings. The Balaban J connectivity index is 1.24. The largest absolute Gasteiger partial charge is 0.477 e. The van der Waals surface area contributed by atoms with Gasteiger partial charge in [-0.2, -0.15) is 0 Å². The summed E-state index contributed by atoms with van der Waals surface area (Å²) in [5.74, 6) is 1.30. The second-order valence-corrected chi connectivity index (χ2v) is 8.61. The van der Waals surface area contributed by atoms with Gasteiger partial charge in [-0.3, -0.25) is 9.69 Å². The van der Waals surface area contributed by atoms with Gasteiger partial charge in [0.15, 0.2) is 0 Å². The Morgan fingerprint density at radius 3 is 2.43 bits per heavy atom. The van der Waals surface area contributed by atoms with Crippen molar-refractivity contribution in [1.82, 2.24) is 15.2 Å². The van der Waals surface area contributed by atoms with E-state index >= 15 is 0 Å². The number of carbonyl (C=O) groups is 1. The van der Waals surface area contributed by atoms with Gasteiger partial charge in [0, 0.05) is 62.3 Å². The molecule has 0 atom stereocenters. The topological polar surface area (TPSA) is 57.7 Å². The van der Waals surface area contributed by atoms with Gasteiger partial charge in [0.05, 0.1) is 6.61 Å². The maximum atomic E-state index is 12.5. The van der Waals surface area contributed by atoms with Crippen molar-refractivity contribution in [2.45, 2.75) is 39.3 Å². The number of amides is 1. The summed E-state index contributed by atoms with van der Waals surface area (Å²) in [5, 5.41) is 2.97. The van der Waals surface area contributed by atoms with Gasteiger partial charge >= 0.3 is 0 Å². The van der Waals surface area contributed by atoms with Crippen LogP contribution in [0.15, 0.2) is 42.6 Å². The van der Waals surface area contributed by atoms with Gasteiger partial charge in [-0.1, -0.05) is 6.07 Å². The number of rotatable bonds is 8. The molecule has 1 aliphatic heterocycles. The molecule has 1 aliphatic carbocycles. The van der Waals surface area contributed by atoms with Crippen LogP contribution in [0.25, 0.3) is 0 Å². The molecular formula is C24H32N4O2. The lowest BCUT2D eigenvalue weighted by Gasteiger charge is -2.38. The van der Waals surface area contributed by atoms with Crippen molar-refractivity contribution in [3.63, 3.8) is 0 Å². The van der Waals surface area contributed by atoms with E-state index in [1.807, 2.05) is 36.4 Å². The van der Waals surface area contributed by atoms with Gasteiger partial charge in [-0.15, -0.1) is 0 Å². The number of nitrogens with one attached hydrogen (secondary N) is 1. The van der Waals surface area contributed by atoms with E-state index in [-0.39, 0.29) is 5.91 Å². The molecule has 160 valence electrons. The summed E-state index contributed by atoms with van der Waals surface area (Å²) in [5.41, 5.74) is 2.82. The maximum Gasteiger partial charge on any atom is 0.251 e. The molecule has 1 aromatic heterocycles. The zero-order chi connectivity index (χ0) is 20.9. The Bertz CT molecular complexity index is 823. The zero-order valence-electron chi connectivity index (χ0n) is 18.0. The predicted molar refractivity (Wildman–Crippen MR) is 119 cm³/mol. The van der Waals surface area contributed by atoms with Crippen LogP contribution in [-0.4, -0.2) is 54.6 Å². The number of hydrogen-bond acceptors (Lipinski definition) is 5. The van der Waals surface area contributed by atoms with Crippen molar-refractivity contribution in [3.8, 4) is 5.88 Å². The van der Waals surface area contributed by atoms with E-state index in [1.54, 1.807) is 6.20 Å². The molecule has 6 heteroatoms. The third kappa shape index (κ3) is 5.51. The van der Waals surface area contributed by atoms with E-state index < -0.39 is 0 Å². The molecule has 2 fully saturated rings. The fraction of sp³-hybridized carbons (Fsp3) is 0.500. The zero-order valence-corrected chi connectivity index (χ0v) is 18.0. The van der Waals surface area contributed by atoms with Crippen LogP contribution in [0.2, 0.25) is 0 Å². The molecule has 0 unspecified atom stereocenters. The van der Waals surface area contributed by atoms with Crippen LogP contribution >= 0.6 is 0 Å². The van der Waals surface area contributed by atoms with E-state index in [0.29, 0.717) is 29.9 Å². The molecule has 4 rings (SSSR count). The molecule has 0 radical (unpaired) electrons. The lowest BCUT2D eigenvalue weighted by molar-refractivity contribution is 0.0951. The number of hydrogen-bond donors (Lipinski definition) is 1. The van der Waals surface area contributed by atoms with Gasteiger partial charge in [-0.25, -0.2) is 4.98 Å². The standard InChI is InChI=1S/C24H32N4O2/c1-18(2)27-11-13-28(14-12-27)22-8-6-21(7-9-22)24(29)26-16-20-5-10-23(25-15-20)30-17-19-3-4-19/h5-10,15,18-19H,3-4,11-14,16-17H2,1-2H3,(H,26,29). The summed E-state index contributed by atoms with van der Waals surface area (Å²) in [7, 11) is 0. The van der Waals surface area contributed by atoms with E-state index in [0.717, 1.165) is 38.3 Å². The van der Waals surface area contributed by atoms with E-state index in [4.69, 9.17) is 4.74 Å². The molecule has 6 nitrogen and oxygen atoms in total. The summed E-state index contributed by atoms with van der Waals surface area (Å²) in [6, 6.07) is 12.3. The molecule has 2 heterocycles. The first-order valence-corrected chi connectivity index (χ1v) is 11.0. The average Bonchev–Trinajstić information content (AvgIpc) is 3.61. The van der Waals surface area contributed by atoms with Crippen LogP contribution in [-0.2, 0) is 6.54 Å². The van der Waals surface area contributed by atoms with Gasteiger partial charge in [0.1, 0.15) is 0 Å². The minimum Gasteiger partial charge on any atom is -0.477 e. The lowest BCUT2D eigenvalue weighted by Crippen LogP contribution is -2.48. The fourth-order valence-corrected chi connectivity index (χ4v) is 3.69. The van der Waals surface area contributed by atoms with Gasteiger partial charge in [0.2, 0.25) is 5.88 Å². The van der Waals surface area contributed by atoms with Gasteiger partial charge < -0.3 is 15.0 Å². The molecule has 0 bridgehead atoms. The second-order valence-electron chi connectivity index (χ2n) is 8.61. The Kier molecular flexibility index (Phi) is 6.53. The first-order valence-electron chi connectivity index (χ1n) is 11.0. The fourth-order valence-electron chi connectivity index (χ4n) is 3.69. The number of aromatic nitrogens is 1. The molecule has 1 aromatic carbocycles. The van der Waals surface area contributed by atoms with E-state index in [2.05, 4.69) is 33.9 Å². The average molecular weight is 409 g/mol. The highest BCUT2D eigenvalue weighted by molar-refractivity contribution is 5.94. The Morgan fingerprint density at radius 1 is 1.10 bits per heavy atom. The van der Waals surface area contributed by atoms with Crippen LogP contribution in [0, 0.1) is 5.92 Å². The Morgan fingerprint density at radius 2 is 1.83 bits per heavy atom. The number of benzene rings is 1. The summed E-state index contributed by atoms with van der Waals surface area (Å²) < 4.78 is 5.65. The SMILES string of the molecule is CC(C)N1CCN(c2ccc(C(=O)NCc3ccc(OCC4CC4)nc3)cc2)CC1. The van der Waals surface area contributed by atoms with Crippen molar-refractivity contribution in [2.75, 3.05) is 37.7 Å². The van der Waals surface area contributed by atoms with Crippen LogP contribution in [0.1, 0.15) is 42.6 Å². The smallest absolute Gasteiger partial charge is 0.251 e. The maximum absolute atomic E-state index is 12.5. The van der Waals surface area contributed by atoms with Crippen LogP contribution in [0.3, 0.4) is 0 Å². The minimum absolute atomic E-state index is 0.0692. The van der Waals surface area contributed by atoms with Crippen molar-refractivity contribution in [1.29, 1.82) is 0 Å². The first kappa shape index (κ1) is 20.7. The Hall–Kier alpha value is -2.60. The molecule has 0 spiro atoms. The highest BCUT2D eigenvalue weighted by Crippen LogP contribution is 2.29. The van der Waals surface area contributed by atoms with Gasteiger partial charge in [-0.05, 0) is 62.4 Å². The van der Waals surface area contributed by atoms with Crippen molar-refractivity contribution < 1.29 is 9.53 Å². The highest BCUT2D eigenvalue weighted by atomic mass is 16.5. The Labute approximate surface area is 179 Å². The third-order valence-corrected chi connectivity index (χ3v) is 5.95. The monoisotopic (exact) mass is 408 g/mol. The van der Waals surface area contributed by atoms with E-state index in [9.17, 15) is 4.79 Å². The predicted octanol–water partition coefficient (Wildman–Crippen LogP) is 3.33. The molecular weight excluding hydrogens is 376 g/mol. The van der Waals surface area contributed by atoms with Gasteiger partial charge in [0.25, 0.3) is 5.91 Å².